The molecule has 23 heavy (non-hydrogen) atoms. The van der Waals surface area contributed by atoms with E-state index in [9.17, 15) is 14.4 Å². The lowest BCUT2D eigenvalue weighted by Gasteiger charge is -2.18. The lowest BCUT2D eigenvalue weighted by molar-refractivity contribution is -0.154. The molecule has 0 atom stereocenters. The van der Waals surface area contributed by atoms with Gasteiger partial charge in [0, 0.05) is 13.0 Å². The third-order valence-electron chi connectivity index (χ3n) is 3.69. The Kier molecular flexibility index (Phi) is 4.45. The molecule has 0 unspecified atom stereocenters. The highest BCUT2D eigenvalue weighted by atomic mass is 16.6. The highest BCUT2D eigenvalue weighted by Crippen LogP contribution is 2.30. The second-order valence-corrected chi connectivity index (χ2v) is 5.36. The van der Waals surface area contributed by atoms with Gasteiger partial charge in [0.1, 0.15) is 13.2 Å². The van der Waals surface area contributed by atoms with Crippen molar-refractivity contribution in [1.82, 2.24) is 4.90 Å². The molecule has 0 bridgehead atoms. The van der Waals surface area contributed by atoms with Crippen LogP contribution in [-0.4, -0.2) is 49.0 Å². The molecule has 2 aliphatic rings. The van der Waals surface area contributed by atoms with Crippen LogP contribution in [0.2, 0.25) is 0 Å². The van der Waals surface area contributed by atoms with Gasteiger partial charge in [-0.25, -0.2) is 0 Å². The summed E-state index contributed by atoms with van der Waals surface area (Å²) in [6.07, 6.45) is 1.06. The molecule has 0 N–H and O–H groups in total. The molecule has 3 rings (SSSR count). The van der Waals surface area contributed by atoms with E-state index in [1.54, 1.807) is 18.2 Å². The van der Waals surface area contributed by atoms with E-state index in [-0.39, 0.29) is 12.3 Å². The molecule has 0 aromatic heterocycles. The standard InChI is InChI=1S/C16H17NO6/c18-14-2-1-5-17(14)15(19)10-23-16(20)9-11-3-4-12-13(8-11)22-7-6-21-12/h3-4,8H,1-2,5-7,9-10H2. The normalized spacial score (nSPS) is 16.3. The molecule has 1 aromatic rings. The van der Waals surface area contributed by atoms with E-state index in [1.165, 1.54) is 0 Å². The van der Waals surface area contributed by atoms with Crippen LogP contribution in [-0.2, 0) is 25.5 Å². The van der Waals surface area contributed by atoms with Crippen LogP contribution in [0.15, 0.2) is 18.2 Å². The summed E-state index contributed by atoms with van der Waals surface area (Å²) in [6, 6.07) is 5.22. The van der Waals surface area contributed by atoms with Gasteiger partial charge in [0.15, 0.2) is 18.1 Å². The molecule has 2 aliphatic heterocycles. The zero-order valence-corrected chi connectivity index (χ0v) is 12.6. The Hall–Kier alpha value is -2.57. The number of hydrogen-bond acceptors (Lipinski definition) is 6. The summed E-state index contributed by atoms with van der Waals surface area (Å²) in [6.45, 7) is 0.970. The number of carbonyl (C=O) groups is 3. The Labute approximate surface area is 133 Å². The minimum absolute atomic E-state index is 0.0257. The minimum atomic E-state index is -0.526. The number of likely N-dealkylation sites (tertiary alicyclic amines) is 1. The Morgan fingerprint density at radius 2 is 1.96 bits per heavy atom. The second-order valence-electron chi connectivity index (χ2n) is 5.36. The van der Waals surface area contributed by atoms with Gasteiger partial charge in [-0.1, -0.05) is 6.07 Å². The van der Waals surface area contributed by atoms with Crippen LogP contribution in [0.25, 0.3) is 0 Å². The lowest BCUT2D eigenvalue weighted by atomic mass is 10.1. The molecule has 122 valence electrons. The SMILES string of the molecule is O=C(Cc1ccc2c(c1)OCCO2)OCC(=O)N1CCCC1=O. The molecule has 1 fully saturated rings. The molecule has 0 spiro atoms. The molecule has 7 nitrogen and oxygen atoms in total. The third kappa shape index (κ3) is 3.61. The van der Waals surface area contributed by atoms with Crippen LogP contribution < -0.4 is 9.47 Å². The first-order valence-corrected chi connectivity index (χ1v) is 7.51. The molecule has 0 saturated carbocycles. The van der Waals surface area contributed by atoms with Gasteiger partial charge in [0.2, 0.25) is 5.91 Å². The number of rotatable bonds is 4. The van der Waals surface area contributed by atoms with Gasteiger partial charge in [-0.05, 0) is 24.1 Å². The summed E-state index contributed by atoms with van der Waals surface area (Å²) in [5, 5.41) is 0. The van der Waals surface area contributed by atoms with Crippen molar-refractivity contribution in [1.29, 1.82) is 0 Å². The number of ether oxygens (including phenoxy) is 3. The van der Waals surface area contributed by atoms with Crippen molar-refractivity contribution in [2.75, 3.05) is 26.4 Å². The first-order chi connectivity index (χ1) is 11.1. The fourth-order valence-corrected chi connectivity index (χ4v) is 2.55. The van der Waals surface area contributed by atoms with E-state index in [4.69, 9.17) is 14.2 Å². The van der Waals surface area contributed by atoms with Gasteiger partial charge in [-0.15, -0.1) is 0 Å². The Balaban J connectivity index is 1.51. The van der Waals surface area contributed by atoms with Crippen molar-refractivity contribution in [3.8, 4) is 11.5 Å². The van der Waals surface area contributed by atoms with Gasteiger partial charge in [-0.3, -0.25) is 19.3 Å². The summed E-state index contributed by atoms with van der Waals surface area (Å²) < 4.78 is 15.8. The van der Waals surface area contributed by atoms with E-state index in [2.05, 4.69) is 0 Å². The summed E-state index contributed by atoms with van der Waals surface area (Å²) in [7, 11) is 0. The zero-order valence-electron chi connectivity index (χ0n) is 12.6. The van der Waals surface area contributed by atoms with Gasteiger partial charge in [0.25, 0.3) is 5.91 Å². The maximum atomic E-state index is 11.8. The highest BCUT2D eigenvalue weighted by molar-refractivity contribution is 5.97. The van der Waals surface area contributed by atoms with Crippen LogP contribution in [0.3, 0.4) is 0 Å². The predicted molar refractivity (Wildman–Crippen MR) is 78.0 cm³/mol. The maximum absolute atomic E-state index is 11.8. The molecule has 1 saturated heterocycles. The number of hydrogen-bond donors (Lipinski definition) is 0. The van der Waals surface area contributed by atoms with Gasteiger partial charge in [0.05, 0.1) is 6.42 Å². The van der Waals surface area contributed by atoms with Gasteiger partial charge in [-0.2, -0.15) is 0 Å². The Morgan fingerprint density at radius 3 is 2.70 bits per heavy atom. The first-order valence-electron chi connectivity index (χ1n) is 7.51. The van der Waals surface area contributed by atoms with Crippen molar-refractivity contribution < 1.29 is 28.6 Å². The largest absolute Gasteiger partial charge is 0.486 e. The zero-order chi connectivity index (χ0) is 16.2. The molecule has 2 heterocycles. The number of carbonyl (C=O) groups excluding carboxylic acids is 3. The number of esters is 1. The highest BCUT2D eigenvalue weighted by Gasteiger charge is 2.27. The quantitative estimate of drug-likeness (QED) is 0.760. The average molecular weight is 319 g/mol. The fraction of sp³-hybridized carbons (Fsp3) is 0.438. The Bertz CT molecular complexity index is 641. The molecule has 2 amide bonds. The van der Waals surface area contributed by atoms with E-state index in [1.807, 2.05) is 0 Å². The number of nitrogens with zero attached hydrogens (tertiary/aromatic N) is 1. The topological polar surface area (TPSA) is 82.1 Å². The number of imide groups is 1. The lowest BCUT2D eigenvalue weighted by Crippen LogP contribution is -2.35. The van der Waals surface area contributed by atoms with Crippen LogP contribution in [0, 0.1) is 0 Å². The van der Waals surface area contributed by atoms with Gasteiger partial charge >= 0.3 is 5.97 Å². The number of amides is 2. The summed E-state index contributed by atoms with van der Waals surface area (Å²) in [4.78, 5) is 36.2. The summed E-state index contributed by atoms with van der Waals surface area (Å²) in [5.74, 6) is 0.0407. The Morgan fingerprint density at radius 1 is 1.17 bits per heavy atom. The number of fused-ring (bicyclic) bond motifs is 1. The second kappa shape index (κ2) is 6.68. The van der Waals surface area contributed by atoms with Crippen molar-refractivity contribution in [2.24, 2.45) is 0 Å². The molecular formula is C16H17NO6. The van der Waals surface area contributed by atoms with Gasteiger partial charge < -0.3 is 14.2 Å². The van der Waals surface area contributed by atoms with Crippen LogP contribution in [0.1, 0.15) is 18.4 Å². The molecule has 0 radical (unpaired) electrons. The van der Waals surface area contributed by atoms with E-state index in [0.29, 0.717) is 49.7 Å². The summed E-state index contributed by atoms with van der Waals surface area (Å²) in [5.41, 5.74) is 0.712. The van der Waals surface area contributed by atoms with Crippen LogP contribution in [0.4, 0.5) is 0 Å². The molecule has 1 aromatic carbocycles. The van der Waals surface area contributed by atoms with E-state index in [0.717, 1.165) is 4.90 Å². The van der Waals surface area contributed by atoms with Crippen molar-refractivity contribution in [2.45, 2.75) is 19.3 Å². The van der Waals surface area contributed by atoms with Crippen LogP contribution in [0.5, 0.6) is 11.5 Å². The smallest absolute Gasteiger partial charge is 0.310 e. The van der Waals surface area contributed by atoms with Crippen molar-refractivity contribution in [3.05, 3.63) is 23.8 Å². The maximum Gasteiger partial charge on any atom is 0.310 e. The van der Waals surface area contributed by atoms with Crippen molar-refractivity contribution >= 4 is 17.8 Å². The summed E-state index contributed by atoms with van der Waals surface area (Å²) >= 11 is 0. The first kappa shape index (κ1) is 15.3. The van der Waals surface area contributed by atoms with E-state index < -0.39 is 18.5 Å². The number of benzene rings is 1. The fourth-order valence-electron chi connectivity index (χ4n) is 2.55. The predicted octanol–water partition coefficient (Wildman–Crippen LogP) is 0.692. The minimum Gasteiger partial charge on any atom is -0.486 e. The molecule has 7 heteroatoms. The monoisotopic (exact) mass is 319 g/mol. The van der Waals surface area contributed by atoms with E-state index >= 15 is 0 Å². The molecular weight excluding hydrogens is 302 g/mol. The molecule has 0 aliphatic carbocycles. The van der Waals surface area contributed by atoms with Crippen molar-refractivity contribution in [3.63, 3.8) is 0 Å². The third-order valence-corrected chi connectivity index (χ3v) is 3.69. The van der Waals surface area contributed by atoms with Crippen LogP contribution >= 0.6 is 0 Å². The average Bonchev–Trinajstić information content (AvgIpc) is 2.98.